The molecule has 0 atom stereocenters. The summed E-state index contributed by atoms with van der Waals surface area (Å²) in [5, 5.41) is 6.98. The Hall–Kier alpha value is -0.440. The fraction of sp³-hybridized carbons (Fsp3) is 0.800. The van der Waals surface area contributed by atoms with Gasteiger partial charge in [-0.15, -0.1) is 21.5 Å². The molecule has 1 rings (SSSR count). The molecule has 78 valence electrons. The second kappa shape index (κ2) is 9.65. The molecule has 0 unspecified atom stereocenters. The number of nitrogens with zero attached hydrogens (tertiary/aromatic N) is 2. The SMILES string of the molecule is CC.CCC(C)(C)C.c1nncs1. The third-order valence-corrected chi connectivity index (χ3v) is 1.78. The van der Waals surface area contributed by atoms with Crippen LogP contribution in [-0.2, 0) is 0 Å². The third kappa shape index (κ3) is 18.5. The lowest BCUT2D eigenvalue weighted by Crippen LogP contribution is -2.00. The summed E-state index contributed by atoms with van der Waals surface area (Å²) in [5.41, 5.74) is 3.90. The van der Waals surface area contributed by atoms with E-state index in [1.54, 1.807) is 11.0 Å². The highest BCUT2D eigenvalue weighted by molar-refractivity contribution is 7.07. The van der Waals surface area contributed by atoms with Crippen molar-refractivity contribution < 1.29 is 0 Å². The lowest BCUT2D eigenvalue weighted by atomic mass is 9.94. The summed E-state index contributed by atoms with van der Waals surface area (Å²) in [6.07, 6.45) is 1.27. The number of aromatic nitrogens is 2. The Labute approximate surface area is 86.4 Å². The van der Waals surface area contributed by atoms with Crippen LogP contribution in [0.3, 0.4) is 0 Å². The molecule has 1 heterocycles. The molecule has 0 aliphatic heterocycles. The smallest absolute Gasteiger partial charge is 0.103 e. The van der Waals surface area contributed by atoms with Gasteiger partial charge in [0.05, 0.1) is 0 Å². The van der Waals surface area contributed by atoms with Gasteiger partial charge in [-0.3, -0.25) is 0 Å². The third-order valence-electron chi connectivity index (χ3n) is 1.34. The first-order chi connectivity index (χ1) is 6.06. The molecule has 0 amide bonds. The van der Waals surface area contributed by atoms with Gasteiger partial charge in [-0.05, 0) is 5.41 Å². The second-order valence-electron chi connectivity index (χ2n) is 3.49. The van der Waals surface area contributed by atoms with Crippen LogP contribution in [0.4, 0.5) is 0 Å². The maximum absolute atomic E-state index is 3.49. The minimum absolute atomic E-state index is 0.542. The summed E-state index contributed by atoms with van der Waals surface area (Å²) >= 11 is 1.49. The molecule has 1 aromatic heterocycles. The van der Waals surface area contributed by atoms with Crippen molar-refractivity contribution in [3.05, 3.63) is 11.0 Å². The molecule has 0 aliphatic rings. The van der Waals surface area contributed by atoms with E-state index in [0.29, 0.717) is 5.41 Å². The molecular formula is C10H22N2S. The molecule has 0 radical (unpaired) electrons. The first kappa shape index (κ1) is 15.1. The predicted octanol–water partition coefficient (Wildman–Crippen LogP) is 4.01. The van der Waals surface area contributed by atoms with E-state index in [-0.39, 0.29) is 0 Å². The van der Waals surface area contributed by atoms with Gasteiger partial charge in [-0.2, -0.15) is 0 Å². The predicted molar refractivity (Wildman–Crippen MR) is 61.0 cm³/mol. The van der Waals surface area contributed by atoms with Gasteiger partial charge in [0, 0.05) is 0 Å². The van der Waals surface area contributed by atoms with Crippen LogP contribution in [0.1, 0.15) is 48.0 Å². The van der Waals surface area contributed by atoms with Crippen molar-refractivity contribution in [2.75, 3.05) is 0 Å². The lowest BCUT2D eigenvalue weighted by Gasteiger charge is -2.12. The molecule has 1 aromatic rings. The van der Waals surface area contributed by atoms with E-state index in [2.05, 4.69) is 37.9 Å². The number of hydrogen-bond acceptors (Lipinski definition) is 3. The van der Waals surface area contributed by atoms with E-state index in [9.17, 15) is 0 Å². The molecule has 2 nitrogen and oxygen atoms in total. The molecule has 0 bridgehead atoms. The molecular weight excluding hydrogens is 180 g/mol. The van der Waals surface area contributed by atoms with Crippen molar-refractivity contribution in [3.8, 4) is 0 Å². The first-order valence-electron chi connectivity index (χ1n) is 4.75. The summed E-state index contributed by atoms with van der Waals surface area (Å²) in [6, 6.07) is 0. The van der Waals surface area contributed by atoms with E-state index in [1.807, 2.05) is 13.8 Å². The Morgan fingerprint density at radius 3 is 1.46 bits per heavy atom. The van der Waals surface area contributed by atoms with Crippen LogP contribution < -0.4 is 0 Å². The van der Waals surface area contributed by atoms with Gasteiger partial charge in [0.2, 0.25) is 0 Å². The van der Waals surface area contributed by atoms with Crippen molar-refractivity contribution in [1.82, 2.24) is 10.2 Å². The van der Waals surface area contributed by atoms with E-state index in [1.165, 1.54) is 17.8 Å². The van der Waals surface area contributed by atoms with Crippen molar-refractivity contribution in [3.63, 3.8) is 0 Å². The van der Waals surface area contributed by atoms with Crippen LogP contribution in [0, 0.1) is 5.41 Å². The van der Waals surface area contributed by atoms with Crippen LogP contribution in [-0.4, -0.2) is 10.2 Å². The number of rotatable bonds is 0. The van der Waals surface area contributed by atoms with Gasteiger partial charge in [0.1, 0.15) is 11.0 Å². The van der Waals surface area contributed by atoms with E-state index < -0.39 is 0 Å². The molecule has 0 saturated heterocycles. The molecule has 0 fully saturated rings. The fourth-order valence-electron chi connectivity index (χ4n) is 0.136. The van der Waals surface area contributed by atoms with Crippen molar-refractivity contribution in [2.24, 2.45) is 5.41 Å². The van der Waals surface area contributed by atoms with Crippen LogP contribution in [0.2, 0.25) is 0 Å². The highest BCUT2D eigenvalue weighted by Gasteiger charge is 2.03. The zero-order valence-electron chi connectivity index (χ0n) is 9.66. The maximum atomic E-state index is 3.49. The topological polar surface area (TPSA) is 25.8 Å². The highest BCUT2D eigenvalue weighted by Crippen LogP contribution is 2.16. The van der Waals surface area contributed by atoms with Crippen LogP contribution in [0.15, 0.2) is 11.0 Å². The lowest BCUT2D eigenvalue weighted by molar-refractivity contribution is 0.398. The van der Waals surface area contributed by atoms with Crippen LogP contribution >= 0.6 is 11.3 Å². The summed E-state index contributed by atoms with van der Waals surface area (Å²) in [7, 11) is 0. The quantitative estimate of drug-likeness (QED) is 0.635. The van der Waals surface area contributed by atoms with Crippen molar-refractivity contribution in [2.45, 2.75) is 48.0 Å². The summed E-state index contributed by atoms with van der Waals surface area (Å²) in [4.78, 5) is 0. The van der Waals surface area contributed by atoms with Gasteiger partial charge in [-0.1, -0.05) is 48.0 Å². The van der Waals surface area contributed by atoms with Gasteiger partial charge in [0.15, 0.2) is 0 Å². The molecule has 3 heteroatoms. The Kier molecular flexibility index (Phi) is 11.2. The summed E-state index contributed by atoms with van der Waals surface area (Å²) in [6.45, 7) is 12.9. The van der Waals surface area contributed by atoms with Crippen molar-refractivity contribution in [1.29, 1.82) is 0 Å². The van der Waals surface area contributed by atoms with Crippen LogP contribution in [0.25, 0.3) is 0 Å². The largest absolute Gasteiger partial charge is 0.147 e. The zero-order chi connectivity index (χ0) is 10.7. The standard InChI is InChI=1S/C6H14.C2H2N2S.C2H6/c1-5-6(2,3)4;1-3-4-2-5-1;1-2/h5H2,1-4H3;1-2H;1-2H3. The van der Waals surface area contributed by atoms with E-state index >= 15 is 0 Å². The highest BCUT2D eigenvalue weighted by atomic mass is 32.1. The van der Waals surface area contributed by atoms with Gasteiger partial charge in [-0.25, -0.2) is 0 Å². The number of hydrogen-bond donors (Lipinski definition) is 0. The molecule has 13 heavy (non-hydrogen) atoms. The molecule has 0 aliphatic carbocycles. The Balaban J connectivity index is 0. The summed E-state index contributed by atoms with van der Waals surface area (Å²) in [5.74, 6) is 0. The minimum atomic E-state index is 0.542. The zero-order valence-corrected chi connectivity index (χ0v) is 10.5. The fourth-order valence-corrected chi connectivity index (χ4v) is 0.408. The molecule has 0 spiro atoms. The van der Waals surface area contributed by atoms with Crippen molar-refractivity contribution >= 4 is 11.3 Å². The Morgan fingerprint density at radius 2 is 1.38 bits per heavy atom. The van der Waals surface area contributed by atoms with Gasteiger partial charge < -0.3 is 0 Å². The monoisotopic (exact) mass is 202 g/mol. The van der Waals surface area contributed by atoms with E-state index in [0.717, 1.165) is 0 Å². The Bertz CT molecular complexity index is 137. The molecule has 0 N–H and O–H groups in total. The minimum Gasteiger partial charge on any atom is -0.147 e. The average Bonchev–Trinajstić information content (AvgIpc) is 2.64. The summed E-state index contributed by atoms with van der Waals surface area (Å²) < 4.78 is 0. The average molecular weight is 202 g/mol. The Morgan fingerprint density at radius 1 is 1.08 bits per heavy atom. The molecule has 0 aromatic carbocycles. The normalized spacial score (nSPS) is 9.08. The van der Waals surface area contributed by atoms with Crippen LogP contribution in [0.5, 0.6) is 0 Å². The van der Waals surface area contributed by atoms with Gasteiger partial charge >= 0.3 is 0 Å². The van der Waals surface area contributed by atoms with Gasteiger partial charge in [0.25, 0.3) is 0 Å². The second-order valence-corrected chi connectivity index (χ2v) is 4.19. The maximum Gasteiger partial charge on any atom is 0.103 e. The first-order valence-corrected chi connectivity index (χ1v) is 5.69. The molecule has 0 saturated carbocycles. The van der Waals surface area contributed by atoms with E-state index in [4.69, 9.17) is 0 Å².